The molecule has 0 amide bonds. The van der Waals surface area contributed by atoms with Gasteiger partial charge in [0.1, 0.15) is 11.5 Å². The van der Waals surface area contributed by atoms with Crippen LogP contribution in [0.2, 0.25) is 10.0 Å². The first-order valence-corrected chi connectivity index (χ1v) is 6.31. The maximum absolute atomic E-state index is 13.8. The van der Waals surface area contributed by atoms with Crippen LogP contribution in [0.3, 0.4) is 0 Å². The van der Waals surface area contributed by atoms with Gasteiger partial charge in [-0.25, -0.2) is 4.39 Å². The number of nitrogens with zero attached hydrogens (tertiary/aromatic N) is 2. The van der Waals surface area contributed by atoms with Crippen molar-refractivity contribution in [3.05, 3.63) is 33.7 Å². The lowest BCUT2D eigenvalue weighted by molar-refractivity contribution is -0.143. The van der Waals surface area contributed by atoms with E-state index in [4.69, 9.17) is 23.2 Å². The SMILES string of the molecule is Cn1nc(-c2cc(S)c(Cl)cc2F)c(Cl)c1C(F)(F)F. The lowest BCUT2D eigenvalue weighted by Crippen LogP contribution is -2.12. The summed E-state index contributed by atoms with van der Waals surface area (Å²) in [6.07, 6.45) is -4.69. The molecule has 1 heterocycles. The van der Waals surface area contributed by atoms with Crippen LogP contribution in [0.4, 0.5) is 17.6 Å². The number of aryl methyl sites for hydroxylation is 1. The van der Waals surface area contributed by atoms with Gasteiger partial charge in [-0.15, -0.1) is 12.6 Å². The van der Waals surface area contributed by atoms with Gasteiger partial charge in [-0.2, -0.15) is 18.3 Å². The van der Waals surface area contributed by atoms with Gasteiger partial charge in [-0.3, -0.25) is 4.68 Å². The molecule has 0 aliphatic carbocycles. The molecule has 20 heavy (non-hydrogen) atoms. The Hall–Kier alpha value is -0.920. The molecule has 0 radical (unpaired) electrons. The Balaban J connectivity index is 2.70. The minimum atomic E-state index is -4.69. The zero-order chi connectivity index (χ0) is 15.2. The highest BCUT2D eigenvalue weighted by Gasteiger charge is 2.39. The standard InChI is InChI=1S/C11H6Cl2F4N2S/c1-19-10(11(15,16)17)8(13)9(18-19)4-2-7(20)5(12)3-6(4)14/h2-3,20H,1H3. The number of alkyl halides is 3. The predicted molar refractivity (Wildman–Crippen MR) is 70.9 cm³/mol. The van der Waals surface area contributed by atoms with Crippen molar-refractivity contribution in [3.63, 3.8) is 0 Å². The Labute approximate surface area is 126 Å². The minimum absolute atomic E-state index is 0.0395. The Bertz CT molecular complexity index is 682. The molecule has 1 aromatic carbocycles. The van der Waals surface area contributed by atoms with Gasteiger partial charge in [0, 0.05) is 17.5 Å². The number of hydrogen-bond acceptors (Lipinski definition) is 2. The van der Waals surface area contributed by atoms with E-state index in [1.165, 1.54) is 6.07 Å². The second-order valence-corrected chi connectivity index (χ2v) is 5.18. The zero-order valence-electron chi connectivity index (χ0n) is 9.76. The largest absolute Gasteiger partial charge is 0.434 e. The summed E-state index contributed by atoms with van der Waals surface area (Å²) in [5.41, 5.74) is -1.66. The number of aromatic nitrogens is 2. The molecule has 0 aliphatic heterocycles. The fourth-order valence-electron chi connectivity index (χ4n) is 1.70. The van der Waals surface area contributed by atoms with Gasteiger partial charge < -0.3 is 0 Å². The predicted octanol–water partition coefficient (Wildman–Crippen LogP) is 4.84. The monoisotopic (exact) mass is 344 g/mol. The molecular weight excluding hydrogens is 339 g/mol. The lowest BCUT2D eigenvalue weighted by atomic mass is 10.1. The number of thiol groups is 1. The second kappa shape index (κ2) is 5.13. The van der Waals surface area contributed by atoms with E-state index in [-0.39, 0.29) is 21.2 Å². The van der Waals surface area contributed by atoms with Gasteiger partial charge in [0.15, 0.2) is 5.69 Å². The van der Waals surface area contributed by atoms with E-state index in [1.54, 1.807) is 0 Å². The fraction of sp³-hybridized carbons (Fsp3) is 0.182. The Morgan fingerprint density at radius 1 is 1.25 bits per heavy atom. The van der Waals surface area contributed by atoms with Crippen molar-refractivity contribution >= 4 is 35.8 Å². The number of benzene rings is 1. The van der Waals surface area contributed by atoms with Crippen LogP contribution < -0.4 is 0 Å². The van der Waals surface area contributed by atoms with Crippen molar-refractivity contribution in [2.45, 2.75) is 11.1 Å². The molecular formula is C11H6Cl2F4N2S. The first-order chi connectivity index (χ1) is 9.12. The first-order valence-electron chi connectivity index (χ1n) is 5.11. The molecule has 0 atom stereocenters. The van der Waals surface area contributed by atoms with Crippen molar-refractivity contribution in [1.82, 2.24) is 9.78 Å². The van der Waals surface area contributed by atoms with E-state index < -0.39 is 22.7 Å². The van der Waals surface area contributed by atoms with Gasteiger partial charge in [-0.05, 0) is 12.1 Å². The van der Waals surface area contributed by atoms with Gasteiger partial charge in [0.2, 0.25) is 0 Å². The average molecular weight is 345 g/mol. The third-order valence-corrected chi connectivity index (χ3v) is 3.72. The van der Waals surface area contributed by atoms with Crippen molar-refractivity contribution in [2.24, 2.45) is 7.05 Å². The molecule has 0 spiro atoms. The molecule has 108 valence electrons. The van der Waals surface area contributed by atoms with Gasteiger partial charge >= 0.3 is 6.18 Å². The van der Waals surface area contributed by atoms with Crippen LogP contribution in [-0.2, 0) is 13.2 Å². The Morgan fingerprint density at radius 2 is 1.85 bits per heavy atom. The van der Waals surface area contributed by atoms with Gasteiger partial charge in [0.25, 0.3) is 0 Å². The molecule has 0 aliphatic rings. The third kappa shape index (κ3) is 2.62. The molecule has 0 N–H and O–H groups in total. The summed E-state index contributed by atoms with van der Waals surface area (Å²) in [5, 5.41) is 2.99. The summed E-state index contributed by atoms with van der Waals surface area (Å²) in [5.74, 6) is -0.832. The van der Waals surface area contributed by atoms with Crippen molar-refractivity contribution in [3.8, 4) is 11.3 Å². The second-order valence-electron chi connectivity index (χ2n) is 3.92. The molecule has 0 saturated carbocycles. The first kappa shape index (κ1) is 15.5. The number of halogens is 6. The van der Waals surface area contributed by atoms with Crippen LogP contribution in [0.1, 0.15) is 5.69 Å². The van der Waals surface area contributed by atoms with Crippen LogP contribution in [0, 0.1) is 5.82 Å². The zero-order valence-corrected chi connectivity index (χ0v) is 12.2. The van der Waals surface area contributed by atoms with E-state index >= 15 is 0 Å². The molecule has 0 bridgehead atoms. The average Bonchev–Trinajstić information content (AvgIpc) is 2.58. The summed E-state index contributed by atoms with van der Waals surface area (Å²) in [4.78, 5) is 0.207. The van der Waals surface area contributed by atoms with E-state index in [9.17, 15) is 17.6 Å². The third-order valence-electron chi connectivity index (χ3n) is 2.55. The summed E-state index contributed by atoms with van der Waals surface area (Å²) in [7, 11) is 1.08. The molecule has 2 nitrogen and oxygen atoms in total. The van der Waals surface area contributed by atoms with Crippen LogP contribution >= 0.6 is 35.8 Å². The molecule has 1 aromatic heterocycles. The molecule has 0 fully saturated rings. The maximum Gasteiger partial charge on any atom is 0.434 e. The van der Waals surface area contributed by atoms with Crippen molar-refractivity contribution in [2.75, 3.05) is 0 Å². The maximum atomic E-state index is 13.8. The van der Waals surface area contributed by atoms with E-state index in [1.807, 2.05) is 0 Å². The topological polar surface area (TPSA) is 17.8 Å². The van der Waals surface area contributed by atoms with Gasteiger partial charge in [-0.1, -0.05) is 23.2 Å². The van der Waals surface area contributed by atoms with Crippen molar-refractivity contribution in [1.29, 1.82) is 0 Å². The van der Waals surface area contributed by atoms with Crippen LogP contribution in [-0.4, -0.2) is 9.78 Å². The summed E-state index contributed by atoms with van der Waals surface area (Å²) >= 11 is 15.3. The normalized spacial score (nSPS) is 12.0. The van der Waals surface area contributed by atoms with E-state index in [0.29, 0.717) is 4.68 Å². The van der Waals surface area contributed by atoms with E-state index in [2.05, 4.69) is 17.7 Å². The molecule has 0 saturated heterocycles. The molecule has 9 heteroatoms. The van der Waals surface area contributed by atoms with E-state index in [0.717, 1.165) is 13.1 Å². The van der Waals surface area contributed by atoms with Crippen molar-refractivity contribution < 1.29 is 17.6 Å². The Kier molecular flexibility index (Phi) is 3.96. The smallest absolute Gasteiger partial charge is 0.262 e. The lowest BCUT2D eigenvalue weighted by Gasteiger charge is -2.06. The summed E-state index contributed by atoms with van der Waals surface area (Å²) in [6, 6.07) is 2.12. The van der Waals surface area contributed by atoms with Gasteiger partial charge in [0.05, 0.1) is 10.0 Å². The van der Waals surface area contributed by atoms with Crippen LogP contribution in [0.5, 0.6) is 0 Å². The molecule has 2 aromatic rings. The number of rotatable bonds is 1. The fourth-order valence-corrected chi connectivity index (χ4v) is 2.41. The number of hydrogen-bond donors (Lipinski definition) is 1. The quantitative estimate of drug-likeness (QED) is 0.578. The minimum Gasteiger partial charge on any atom is -0.262 e. The summed E-state index contributed by atoms with van der Waals surface area (Å²) < 4.78 is 52.8. The van der Waals surface area contributed by atoms with Crippen LogP contribution in [0.25, 0.3) is 11.3 Å². The Morgan fingerprint density at radius 3 is 2.35 bits per heavy atom. The molecule has 0 unspecified atom stereocenters. The van der Waals surface area contributed by atoms with Crippen LogP contribution in [0.15, 0.2) is 17.0 Å². The molecule has 2 rings (SSSR count). The highest BCUT2D eigenvalue weighted by Crippen LogP contribution is 2.41. The summed E-state index contributed by atoms with van der Waals surface area (Å²) in [6.45, 7) is 0. The highest BCUT2D eigenvalue weighted by atomic mass is 35.5. The highest BCUT2D eigenvalue weighted by molar-refractivity contribution is 7.80.